The second kappa shape index (κ2) is 17.1. The van der Waals surface area contributed by atoms with Gasteiger partial charge in [-0.1, -0.05) is 224 Å². The third-order valence-electron chi connectivity index (χ3n) is 11.9. The third-order valence-corrected chi connectivity index (χ3v) is 11.9. The van der Waals surface area contributed by atoms with Crippen LogP contribution in [0, 0.1) is 0 Å². The largest absolute Gasteiger partial charge is 0.208 e. The van der Waals surface area contributed by atoms with Crippen molar-refractivity contribution in [2.75, 3.05) is 0 Å². The first-order chi connectivity index (χ1) is 31.7. The van der Waals surface area contributed by atoms with Crippen molar-refractivity contribution >= 4 is 10.8 Å². The number of hydrogen-bond donors (Lipinski definition) is 0. The first kappa shape index (κ1) is 38.4. The Morgan fingerprint density at radius 3 is 1.06 bits per heavy atom. The minimum Gasteiger partial charge on any atom is -0.208 e. The summed E-state index contributed by atoms with van der Waals surface area (Å²) in [7, 11) is 0. The van der Waals surface area contributed by atoms with Crippen LogP contribution in [0.15, 0.2) is 249 Å². The Bertz CT molecular complexity index is 3330. The standard InChI is InChI=1S/C61H41N3/c1-7-22-42(23-8-1)54-41-55(57(44-26-11-3-12-27-44)58(45-28-13-4-14-29-45)56(54)43-24-9-2-10-25-43)50-36-21-35-49(38-50)53-40-51(39-48-34-19-20-37-52(48)53)61-63-59(46-30-15-5-16-31-46)62-60(64-61)47-32-17-6-18-33-47/h1-41H. The molecule has 0 spiro atoms. The summed E-state index contributed by atoms with van der Waals surface area (Å²) in [5.41, 5.74) is 16.7. The second-order valence-electron chi connectivity index (χ2n) is 15.9. The molecule has 300 valence electrons. The highest BCUT2D eigenvalue weighted by atomic mass is 15.0. The van der Waals surface area contributed by atoms with E-state index < -0.39 is 0 Å². The van der Waals surface area contributed by atoms with E-state index in [1.54, 1.807) is 0 Å². The Hall–Kier alpha value is -8.53. The predicted octanol–water partition coefficient (Wildman–Crippen LogP) is 16.0. The van der Waals surface area contributed by atoms with E-state index in [0.29, 0.717) is 17.5 Å². The van der Waals surface area contributed by atoms with Crippen molar-refractivity contribution in [2.24, 2.45) is 0 Å². The van der Waals surface area contributed by atoms with Gasteiger partial charge in [0, 0.05) is 16.7 Å². The molecule has 3 nitrogen and oxygen atoms in total. The number of nitrogens with zero attached hydrogens (tertiary/aromatic N) is 3. The Balaban J connectivity index is 1.17. The van der Waals surface area contributed by atoms with Crippen LogP contribution in [-0.2, 0) is 0 Å². The summed E-state index contributed by atoms with van der Waals surface area (Å²) >= 11 is 0. The van der Waals surface area contributed by atoms with Crippen LogP contribution in [0.1, 0.15) is 0 Å². The summed E-state index contributed by atoms with van der Waals surface area (Å²) in [5.74, 6) is 1.90. The maximum atomic E-state index is 5.14. The molecule has 0 N–H and O–H groups in total. The molecule has 0 fully saturated rings. The normalized spacial score (nSPS) is 11.1. The van der Waals surface area contributed by atoms with Gasteiger partial charge in [0.2, 0.25) is 0 Å². The van der Waals surface area contributed by atoms with Gasteiger partial charge >= 0.3 is 0 Å². The fraction of sp³-hybridized carbons (Fsp3) is 0. The molecule has 3 heteroatoms. The summed E-state index contributed by atoms with van der Waals surface area (Å²) < 4.78 is 0. The molecule has 0 saturated heterocycles. The molecule has 11 aromatic rings. The number of aromatic nitrogens is 3. The van der Waals surface area contributed by atoms with E-state index in [2.05, 4.69) is 188 Å². The molecule has 0 aliphatic rings. The van der Waals surface area contributed by atoms with Gasteiger partial charge in [-0.05, 0) is 102 Å². The molecular weight excluding hydrogens is 775 g/mol. The predicted molar refractivity (Wildman–Crippen MR) is 266 cm³/mol. The molecule has 11 rings (SSSR count). The fourth-order valence-electron chi connectivity index (χ4n) is 8.93. The van der Waals surface area contributed by atoms with Crippen molar-refractivity contribution in [1.82, 2.24) is 15.0 Å². The molecular formula is C61H41N3. The van der Waals surface area contributed by atoms with Crippen LogP contribution >= 0.6 is 0 Å². The quantitative estimate of drug-likeness (QED) is 0.146. The van der Waals surface area contributed by atoms with E-state index in [0.717, 1.165) is 66.4 Å². The number of fused-ring (bicyclic) bond motifs is 1. The minimum atomic E-state index is 0.624. The van der Waals surface area contributed by atoms with Crippen LogP contribution in [0.5, 0.6) is 0 Å². The van der Waals surface area contributed by atoms with Crippen LogP contribution in [0.4, 0.5) is 0 Å². The lowest BCUT2D eigenvalue weighted by Crippen LogP contribution is -2.00. The average molecular weight is 816 g/mol. The number of rotatable bonds is 9. The molecule has 0 bridgehead atoms. The zero-order valence-corrected chi connectivity index (χ0v) is 35.0. The molecule has 0 saturated carbocycles. The van der Waals surface area contributed by atoms with Gasteiger partial charge in [0.1, 0.15) is 0 Å². The van der Waals surface area contributed by atoms with Gasteiger partial charge in [-0.3, -0.25) is 0 Å². The molecule has 1 heterocycles. The third kappa shape index (κ3) is 7.46. The van der Waals surface area contributed by atoms with Gasteiger partial charge in [-0.2, -0.15) is 0 Å². The zero-order valence-electron chi connectivity index (χ0n) is 35.0. The van der Waals surface area contributed by atoms with Crippen LogP contribution in [0.2, 0.25) is 0 Å². The zero-order chi connectivity index (χ0) is 42.7. The fourth-order valence-corrected chi connectivity index (χ4v) is 8.93. The summed E-state index contributed by atoms with van der Waals surface area (Å²) in [6.45, 7) is 0. The molecule has 1 aromatic heterocycles. The molecule has 10 aromatic carbocycles. The van der Waals surface area contributed by atoms with Gasteiger partial charge in [0.15, 0.2) is 17.5 Å². The number of benzene rings is 10. The Labute approximate surface area is 373 Å². The van der Waals surface area contributed by atoms with Crippen molar-refractivity contribution in [1.29, 1.82) is 0 Å². The summed E-state index contributed by atoms with van der Waals surface area (Å²) in [6.07, 6.45) is 0. The highest BCUT2D eigenvalue weighted by Crippen LogP contribution is 2.50. The first-order valence-electron chi connectivity index (χ1n) is 21.7. The second-order valence-corrected chi connectivity index (χ2v) is 15.9. The Morgan fingerprint density at radius 2 is 0.562 bits per heavy atom. The minimum absolute atomic E-state index is 0.624. The molecule has 0 aliphatic heterocycles. The lowest BCUT2D eigenvalue weighted by atomic mass is 9.78. The average Bonchev–Trinajstić information content (AvgIpc) is 3.39. The molecule has 0 atom stereocenters. The van der Waals surface area contributed by atoms with E-state index in [4.69, 9.17) is 15.0 Å². The Kier molecular flexibility index (Phi) is 10.3. The van der Waals surface area contributed by atoms with Crippen molar-refractivity contribution in [2.45, 2.75) is 0 Å². The molecule has 0 aliphatic carbocycles. The maximum Gasteiger partial charge on any atom is 0.164 e. The van der Waals surface area contributed by atoms with Gasteiger partial charge in [-0.15, -0.1) is 0 Å². The molecule has 0 amide bonds. The van der Waals surface area contributed by atoms with Crippen LogP contribution in [-0.4, -0.2) is 15.0 Å². The van der Waals surface area contributed by atoms with Crippen molar-refractivity contribution in [3.05, 3.63) is 249 Å². The summed E-state index contributed by atoms with van der Waals surface area (Å²) in [5, 5.41) is 2.26. The lowest BCUT2D eigenvalue weighted by Gasteiger charge is -2.24. The van der Waals surface area contributed by atoms with Crippen molar-refractivity contribution in [3.8, 4) is 101 Å². The van der Waals surface area contributed by atoms with Gasteiger partial charge in [-0.25, -0.2) is 15.0 Å². The van der Waals surface area contributed by atoms with E-state index in [-0.39, 0.29) is 0 Å². The van der Waals surface area contributed by atoms with E-state index in [1.807, 2.05) is 60.7 Å². The SMILES string of the molecule is c1ccc(-c2nc(-c3ccccc3)nc(-c3cc(-c4cccc(-c5cc(-c6ccccc6)c(-c6ccccc6)c(-c6ccccc6)c5-c5ccccc5)c4)c4ccccc4c3)n2)cc1. The summed E-state index contributed by atoms with van der Waals surface area (Å²) in [6, 6.07) is 88.2. The number of hydrogen-bond acceptors (Lipinski definition) is 3. The van der Waals surface area contributed by atoms with Crippen molar-refractivity contribution in [3.63, 3.8) is 0 Å². The smallest absolute Gasteiger partial charge is 0.164 e. The first-order valence-corrected chi connectivity index (χ1v) is 21.7. The maximum absolute atomic E-state index is 5.14. The van der Waals surface area contributed by atoms with Crippen LogP contribution in [0.25, 0.3) is 112 Å². The van der Waals surface area contributed by atoms with E-state index >= 15 is 0 Å². The van der Waals surface area contributed by atoms with Gasteiger partial charge < -0.3 is 0 Å². The van der Waals surface area contributed by atoms with Gasteiger partial charge in [0.25, 0.3) is 0 Å². The van der Waals surface area contributed by atoms with Crippen LogP contribution < -0.4 is 0 Å². The molecule has 0 unspecified atom stereocenters. The molecule has 0 radical (unpaired) electrons. The highest BCUT2D eigenvalue weighted by Gasteiger charge is 2.24. The monoisotopic (exact) mass is 815 g/mol. The van der Waals surface area contributed by atoms with Gasteiger partial charge in [0.05, 0.1) is 0 Å². The van der Waals surface area contributed by atoms with E-state index in [1.165, 1.54) is 27.8 Å². The molecule has 64 heavy (non-hydrogen) atoms. The lowest BCUT2D eigenvalue weighted by molar-refractivity contribution is 1.07. The topological polar surface area (TPSA) is 38.7 Å². The Morgan fingerprint density at radius 1 is 0.203 bits per heavy atom. The van der Waals surface area contributed by atoms with Crippen LogP contribution in [0.3, 0.4) is 0 Å². The highest BCUT2D eigenvalue weighted by molar-refractivity contribution is 6.08. The van der Waals surface area contributed by atoms with Crippen molar-refractivity contribution < 1.29 is 0 Å². The summed E-state index contributed by atoms with van der Waals surface area (Å²) in [4.78, 5) is 15.3. The van der Waals surface area contributed by atoms with E-state index in [9.17, 15) is 0 Å².